The molecule has 1 saturated heterocycles. The van der Waals surface area contributed by atoms with E-state index < -0.39 is 38.8 Å². The Bertz CT molecular complexity index is 579. The fraction of sp³-hybridized carbons (Fsp3) is 0.200. The molecular formula is C10H7N3O6. The Kier molecular flexibility index (Phi) is 2.95. The Balaban J connectivity index is 2.44. The van der Waals surface area contributed by atoms with E-state index in [0.717, 1.165) is 18.2 Å². The smallest absolute Gasteiger partial charge is 0.277 e. The van der Waals surface area contributed by atoms with Gasteiger partial charge in [-0.2, -0.15) is 0 Å². The fourth-order valence-corrected chi connectivity index (χ4v) is 1.65. The SMILES string of the molecule is O=C1NCC1C(=O)c1cc([N+](=O)[O-])cc([N+](=O)[O-])c1. The van der Waals surface area contributed by atoms with Gasteiger partial charge in [0, 0.05) is 24.2 Å². The number of ketones is 1. The molecule has 1 fully saturated rings. The zero-order chi connectivity index (χ0) is 14.2. The number of amides is 1. The van der Waals surface area contributed by atoms with E-state index in [2.05, 4.69) is 5.32 Å². The summed E-state index contributed by atoms with van der Waals surface area (Å²) in [5, 5.41) is 23.7. The third-order valence-electron chi connectivity index (χ3n) is 2.72. The maximum atomic E-state index is 11.9. The first kappa shape index (κ1) is 12.6. The minimum atomic E-state index is -0.929. The zero-order valence-electron chi connectivity index (χ0n) is 9.36. The number of β-lactam (4-membered cyclic amide) rings is 1. The van der Waals surface area contributed by atoms with E-state index in [4.69, 9.17) is 0 Å². The van der Waals surface area contributed by atoms with Crippen LogP contribution >= 0.6 is 0 Å². The van der Waals surface area contributed by atoms with Gasteiger partial charge in [-0.15, -0.1) is 0 Å². The van der Waals surface area contributed by atoms with Crippen LogP contribution in [0, 0.1) is 26.1 Å². The summed E-state index contributed by atoms with van der Waals surface area (Å²) < 4.78 is 0. The fourth-order valence-electron chi connectivity index (χ4n) is 1.65. The lowest BCUT2D eigenvalue weighted by Gasteiger charge is -2.24. The van der Waals surface area contributed by atoms with Gasteiger partial charge >= 0.3 is 0 Å². The van der Waals surface area contributed by atoms with Gasteiger partial charge in [0.15, 0.2) is 5.78 Å². The maximum absolute atomic E-state index is 11.9. The second-order valence-corrected chi connectivity index (χ2v) is 3.91. The van der Waals surface area contributed by atoms with Crippen LogP contribution in [0.5, 0.6) is 0 Å². The predicted molar refractivity (Wildman–Crippen MR) is 60.6 cm³/mol. The van der Waals surface area contributed by atoms with Gasteiger partial charge < -0.3 is 5.32 Å². The average molecular weight is 265 g/mol. The number of nitro groups is 2. The van der Waals surface area contributed by atoms with Crippen molar-refractivity contribution in [3.05, 3.63) is 44.0 Å². The summed E-state index contributed by atoms with van der Waals surface area (Å²) in [5.41, 5.74) is -1.32. The van der Waals surface area contributed by atoms with Gasteiger partial charge in [-0.3, -0.25) is 29.8 Å². The zero-order valence-corrected chi connectivity index (χ0v) is 9.36. The van der Waals surface area contributed by atoms with Crippen LogP contribution in [0.3, 0.4) is 0 Å². The number of carbonyl (C=O) groups is 2. The highest BCUT2D eigenvalue weighted by Crippen LogP contribution is 2.25. The van der Waals surface area contributed by atoms with Gasteiger partial charge in [0.25, 0.3) is 11.4 Å². The molecule has 9 nitrogen and oxygen atoms in total. The molecule has 0 bridgehead atoms. The number of benzene rings is 1. The van der Waals surface area contributed by atoms with E-state index in [1.807, 2.05) is 0 Å². The monoisotopic (exact) mass is 265 g/mol. The highest BCUT2D eigenvalue weighted by molar-refractivity contribution is 6.13. The van der Waals surface area contributed by atoms with E-state index in [0.29, 0.717) is 0 Å². The molecule has 1 unspecified atom stereocenters. The van der Waals surface area contributed by atoms with Crippen LogP contribution in [0.25, 0.3) is 0 Å². The lowest BCUT2D eigenvalue weighted by molar-refractivity contribution is -0.394. The standard InChI is InChI=1S/C10H7N3O6/c14-9(8-4-11-10(8)15)5-1-6(12(16)17)3-7(2-5)13(18)19/h1-3,8H,4H2,(H,11,15). The summed E-state index contributed by atoms with van der Waals surface area (Å²) in [6, 6.07) is 2.62. The number of nitrogens with zero attached hydrogens (tertiary/aromatic N) is 2. The number of carbonyl (C=O) groups excluding carboxylic acids is 2. The molecule has 9 heteroatoms. The van der Waals surface area contributed by atoms with Crippen molar-refractivity contribution in [3.63, 3.8) is 0 Å². The molecule has 1 aliphatic rings. The number of rotatable bonds is 4. The van der Waals surface area contributed by atoms with Crippen LogP contribution in [0.4, 0.5) is 11.4 Å². The number of hydrogen-bond donors (Lipinski definition) is 1. The number of non-ortho nitro benzene ring substituents is 2. The van der Waals surface area contributed by atoms with Gasteiger partial charge in [-0.1, -0.05) is 0 Å². The lowest BCUT2D eigenvalue weighted by atomic mass is 9.91. The first-order valence-corrected chi connectivity index (χ1v) is 5.16. The van der Waals surface area contributed by atoms with E-state index in [1.165, 1.54) is 0 Å². The predicted octanol–water partition coefficient (Wildman–Crippen LogP) is 0.432. The summed E-state index contributed by atoms with van der Waals surface area (Å²) in [7, 11) is 0. The second kappa shape index (κ2) is 4.44. The van der Waals surface area contributed by atoms with Gasteiger partial charge in [0.05, 0.1) is 15.9 Å². The van der Waals surface area contributed by atoms with Crippen LogP contribution < -0.4 is 5.32 Å². The van der Waals surface area contributed by atoms with Gasteiger partial charge in [-0.05, 0) is 0 Å². The van der Waals surface area contributed by atoms with Crippen LogP contribution in [-0.2, 0) is 4.79 Å². The molecule has 0 saturated carbocycles. The summed E-state index contributed by atoms with van der Waals surface area (Å²) in [4.78, 5) is 42.6. The van der Waals surface area contributed by atoms with E-state index in [-0.39, 0.29) is 12.1 Å². The van der Waals surface area contributed by atoms with Crippen molar-refractivity contribution >= 4 is 23.1 Å². The molecule has 19 heavy (non-hydrogen) atoms. The minimum absolute atomic E-state index is 0.133. The summed E-state index contributed by atoms with van der Waals surface area (Å²) in [6.07, 6.45) is 0. The van der Waals surface area contributed by atoms with Crippen molar-refractivity contribution in [2.45, 2.75) is 0 Å². The summed E-state index contributed by atoms with van der Waals surface area (Å²) in [6.45, 7) is 0.133. The van der Waals surface area contributed by atoms with E-state index in [9.17, 15) is 29.8 Å². The Morgan fingerprint density at radius 3 is 2.00 bits per heavy atom. The molecule has 0 radical (unpaired) electrons. The Hall–Kier alpha value is -2.84. The molecule has 1 atom stereocenters. The molecular weight excluding hydrogens is 258 g/mol. The number of Topliss-reactive ketones (excluding diaryl/α,β-unsaturated/α-hetero) is 1. The molecule has 0 aliphatic carbocycles. The van der Waals surface area contributed by atoms with Gasteiger partial charge in [-0.25, -0.2) is 0 Å². The first-order valence-electron chi connectivity index (χ1n) is 5.16. The van der Waals surface area contributed by atoms with Crippen LogP contribution in [-0.4, -0.2) is 28.1 Å². The maximum Gasteiger partial charge on any atom is 0.277 e. The van der Waals surface area contributed by atoms with Crippen molar-refractivity contribution in [1.82, 2.24) is 5.32 Å². The topological polar surface area (TPSA) is 132 Å². The largest absolute Gasteiger partial charge is 0.354 e. The highest BCUT2D eigenvalue weighted by Gasteiger charge is 2.36. The number of hydrogen-bond acceptors (Lipinski definition) is 6. The Morgan fingerprint density at radius 1 is 1.16 bits per heavy atom. The second-order valence-electron chi connectivity index (χ2n) is 3.91. The third-order valence-corrected chi connectivity index (χ3v) is 2.72. The quantitative estimate of drug-likeness (QED) is 0.276. The lowest BCUT2D eigenvalue weighted by Crippen LogP contribution is -2.52. The van der Waals surface area contributed by atoms with E-state index >= 15 is 0 Å². The Morgan fingerprint density at radius 2 is 1.68 bits per heavy atom. The molecule has 1 N–H and O–H groups in total. The number of nitro benzene ring substituents is 2. The first-order chi connectivity index (χ1) is 8.90. The van der Waals surface area contributed by atoms with Crippen molar-refractivity contribution in [3.8, 4) is 0 Å². The third kappa shape index (κ3) is 2.25. The Labute approximate surface area is 105 Å². The van der Waals surface area contributed by atoms with Gasteiger partial charge in [0.2, 0.25) is 5.91 Å². The van der Waals surface area contributed by atoms with Crippen molar-refractivity contribution in [2.75, 3.05) is 6.54 Å². The summed E-state index contributed by atoms with van der Waals surface area (Å²) in [5.74, 6) is -2.07. The molecule has 1 aromatic carbocycles. The highest BCUT2D eigenvalue weighted by atomic mass is 16.6. The average Bonchev–Trinajstić information content (AvgIpc) is 2.36. The minimum Gasteiger partial charge on any atom is -0.354 e. The molecule has 1 heterocycles. The molecule has 1 aromatic rings. The molecule has 0 aromatic heterocycles. The van der Waals surface area contributed by atoms with Crippen LogP contribution in [0.1, 0.15) is 10.4 Å². The van der Waals surface area contributed by atoms with Crippen molar-refractivity contribution in [2.24, 2.45) is 5.92 Å². The van der Waals surface area contributed by atoms with Crippen LogP contribution in [0.15, 0.2) is 18.2 Å². The van der Waals surface area contributed by atoms with Crippen LogP contribution in [0.2, 0.25) is 0 Å². The van der Waals surface area contributed by atoms with E-state index in [1.54, 1.807) is 0 Å². The number of nitrogens with one attached hydrogen (secondary N) is 1. The molecule has 1 amide bonds. The molecule has 1 aliphatic heterocycles. The molecule has 2 rings (SSSR count). The van der Waals surface area contributed by atoms with Crippen molar-refractivity contribution < 1.29 is 19.4 Å². The van der Waals surface area contributed by atoms with Gasteiger partial charge in [0.1, 0.15) is 5.92 Å². The van der Waals surface area contributed by atoms with Crippen molar-refractivity contribution in [1.29, 1.82) is 0 Å². The molecule has 0 spiro atoms. The summed E-state index contributed by atoms with van der Waals surface area (Å²) >= 11 is 0. The normalized spacial score (nSPS) is 17.3. The molecule has 98 valence electrons.